The van der Waals surface area contributed by atoms with E-state index in [0.717, 1.165) is 41.6 Å². The normalized spacial score (nSPS) is 10.9. The lowest BCUT2D eigenvalue weighted by molar-refractivity contribution is -0.384. The van der Waals surface area contributed by atoms with Crippen molar-refractivity contribution in [2.75, 3.05) is 0 Å². The van der Waals surface area contributed by atoms with Crippen molar-refractivity contribution in [1.29, 1.82) is 0 Å². The van der Waals surface area contributed by atoms with Crippen molar-refractivity contribution in [2.24, 2.45) is 0 Å². The van der Waals surface area contributed by atoms with Crippen LogP contribution in [0.2, 0.25) is 0 Å². The molecular formula is C21H22N2O3. The summed E-state index contributed by atoms with van der Waals surface area (Å²) in [5.74, 6) is 0. The maximum absolute atomic E-state index is 10.9. The molecule has 0 N–H and O–H groups in total. The molecule has 0 atom stereocenters. The van der Waals surface area contributed by atoms with E-state index in [1.165, 1.54) is 28.8 Å². The minimum Gasteiger partial charge on any atom is -0.363 e. The fraction of sp³-hybridized carbons (Fsp3) is 0.286. The van der Waals surface area contributed by atoms with E-state index >= 15 is 0 Å². The summed E-state index contributed by atoms with van der Waals surface area (Å²) in [6, 6.07) is 10.8. The van der Waals surface area contributed by atoms with Crippen LogP contribution in [0.5, 0.6) is 0 Å². The summed E-state index contributed by atoms with van der Waals surface area (Å²) in [7, 11) is 0. The molecule has 2 aromatic carbocycles. The molecule has 5 heteroatoms. The molecule has 0 saturated carbocycles. The van der Waals surface area contributed by atoms with Gasteiger partial charge in [0, 0.05) is 23.3 Å². The van der Waals surface area contributed by atoms with Gasteiger partial charge in [0.15, 0.2) is 0 Å². The highest BCUT2D eigenvalue weighted by atomic mass is 16.6. The minimum atomic E-state index is -0.400. The molecule has 3 rings (SSSR count). The van der Waals surface area contributed by atoms with Crippen molar-refractivity contribution in [2.45, 2.75) is 40.0 Å². The van der Waals surface area contributed by atoms with Crippen molar-refractivity contribution >= 4 is 5.69 Å². The van der Waals surface area contributed by atoms with Crippen molar-refractivity contribution in [3.05, 3.63) is 69.5 Å². The number of aromatic nitrogens is 1. The molecule has 0 aliphatic carbocycles. The molecule has 0 aliphatic rings. The van der Waals surface area contributed by atoms with Crippen LogP contribution >= 0.6 is 0 Å². The van der Waals surface area contributed by atoms with E-state index in [1.807, 2.05) is 0 Å². The van der Waals surface area contributed by atoms with E-state index in [2.05, 4.69) is 38.1 Å². The smallest absolute Gasteiger partial charge is 0.269 e. The zero-order chi connectivity index (χ0) is 18.7. The highest BCUT2D eigenvalue weighted by Gasteiger charge is 2.16. The van der Waals surface area contributed by atoms with Gasteiger partial charge in [-0.2, -0.15) is 0 Å². The molecule has 0 bridgehead atoms. The van der Waals surface area contributed by atoms with Gasteiger partial charge in [0.1, 0.15) is 12.0 Å². The highest BCUT2D eigenvalue weighted by Crippen LogP contribution is 2.34. The molecule has 0 spiro atoms. The Balaban J connectivity index is 2.09. The second-order valence-electron chi connectivity index (χ2n) is 6.21. The van der Waals surface area contributed by atoms with Crippen LogP contribution in [-0.4, -0.2) is 10.1 Å². The van der Waals surface area contributed by atoms with Gasteiger partial charge in [0.25, 0.3) is 5.69 Å². The quantitative estimate of drug-likeness (QED) is 0.428. The van der Waals surface area contributed by atoms with Gasteiger partial charge in [0.2, 0.25) is 0 Å². The third-order valence-corrected chi connectivity index (χ3v) is 4.78. The van der Waals surface area contributed by atoms with E-state index < -0.39 is 4.92 Å². The molecule has 0 amide bonds. The van der Waals surface area contributed by atoms with Gasteiger partial charge >= 0.3 is 0 Å². The van der Waals surface area contributed by atoms with Crippen LogP contribution < -0.4 is 0 Å². The van der Waals surface area contributed by atoms with Crippen LogP contribution in [0.1, 0.15) is 37.5 Å². The van der Waals surface area contributed by atoms with Gasteiger partial charge in [0.05, 0.1) is 4.92 Å². The lowest BCUT2D eigenvalue weighted by Crippen LogP contribution is -1.99. The highest BCUT2D eigenvalue weighted by molar-refractivity contribution is 5.81. The SMILES string of the molecule is CCc1cc(-c2nocc2-c2ccc([N+](=O)[O-])cc2)cc(CC)c1CC. The average Bonchev–Trinajstić information content (AvgIpc) is 3.16. The molecule has 5 nitrogen and oxygen atoms in total. The number of hydrogen-bond acceptors (Lipinski definition) is 4. The first-order chi connectivity index (χ1) is 12.6. The fourth-order valence-corrected chi connectivity index (χ4v) is 3.43. The van der Waals surface area contributed by atoms with Crippen LogP contribution in [-0.2, 0) is 19.3 Å². The Kier molecular flexibility index (Phi) is 5.16. The number of rotatable bonds is 6. The Morgan fingerprint density at radius 1 is 0.962 bits per heavy atom. The minimum absolute atomic E-state index is 0.0700. The summed E-state index contributed by atoms with van der Waals surface area (Å²) in [5.41, 5.74) is 7.64. The summed E-state index contributed by atoms with van der Waals surface area (Å²) >= 11 is 0. The third-order valence-electron chi connectivity index (χ3n) is 4.78. The molecule has 0 radical (unpaired) electrons. The molecule has 1 heterocycles. The number of nitro groups is 1. The van der Waals surface area contributed by atoms with E-state index in [1.54, 1.807) is 18.4 Å². The molecule has 0 saturated heterocycles. The Morgan fingerprint density at radius 2 is 1.58 bits per heavy atom. The predicted octanol–water partition coefficient (Wildman–Crippen LogP) is 5.60. The van der Waals surface area contributed by atoms with Gasteiger partial charge < -0.3 is 4.52 Å². The van der Waals surface area contributed by atoms with Crippen LogP contribution in [0.4, 0.5) is 5.69 Å². The lowest BCUT2D eigenvalue weighted by atomic mass is 9.90. The van der Waals surface area contributed by atoms with Crippen molar-refractivity contribution in [3.8, 4) is 22.4 Å². The Hall–Kier alpha value is -2.95. The lowest BCUT2D eigenvalue weighted by Gasteiger charge is -2.14. The van der Waals surface area contributed by atoms with Crippen molar-refractivity contribution in [3.63, 3.8) is 0 Å². The van der Waals surface area contributed by atoms with Gasteiger partial charge in [-0.25, -0.2) is 0 Å². The molecular weight excluding hydrogens is 328 g/mol. The summed E-state index contributed by atoms with van der Waals surface area (Å²) < 4.78 is 5.25. The predicted molar refractivity (Wildman–Crippen MR) is 102 cm³/mol. The fourth-order valence-electron chi connectivity index (χ4n) is 3.43. The monoisotopic (exact) mass is 350 g/mol. The molecule has 26 heavy (non-hydrogen) atoms. The first-order valence-corrected chi connectivity index (χ1v) is 8.93. The second-order valence-corrected chi connectivity index (χ2v) is 6.21. The van der Waals surface area contributed by atoms with Crippen LogP contribution in [0.3, 0.4) is 0 Å². The number of aryl methyl sites for hydroxylation is 2. The summed E-state index contributed by atoms with van der Waals surface area (Å²) in [6.07, 6.45) is 4.55. The van der Waals surface area contributed by atoms with E-state index in [0.29, 0.717) is 0 Å². The first-order valence-electron chi connectivity index (χ1n) is 8.93. The Bertz CT molecular complexity index is 902. The Morgan fingerprint density at radius 3 is 2.08 bits per heavy atom. The van der Waals surface area contributed by atoms with Crippen LogP contribution in [0, 0.1) is 10.1 Å². The second kappa shape index (κ2) is 7.52. The van der Waals surface area contributed by atoms with Gasteiger partial charge in [-0.05, 0) is 65.8 Å². The Labute approximate surface area is 152 Å². The number of hydrogen-bond donors (Lipinski definition) is 0. The average molecular weight is 350 g/mol. The molecule has 0 unspecified atom stereocenters. The van der Waals surface area contributed by atoms with E-state index in [9.17, 15) is 10.1 Å². The maximum atomic E-state index is 10.9. The number of non-ortho nitro benzene ring substituents is 1. The topological polar surface area (TPSA) is 69.2 Å². The summed E-state index contributed by atoms with van der Waals surface area (Å²) in [4.78, 5) is 10.5. The van der Waals surface area contributed by atoms with E-state index in [4.69, 9.17) is 4.52 Å². The third kappa shape index (κ3) is 3.25. The first kappa shape index (κ1) is 17.9. The zero-order valence-corrected chi connectivity index (χ0v) is 15.3. The standard InChI is InChI=1S/C21H22N2O3/c1-4-14-11-17(12-15(5-2)19(14)6-3)21-20(13-26-22-21)16-7-9-18(10-8-16)23(24)25/h7-13H,4-6H2,1-3H3. The molecule has 3 aromatic rings. The largest absolute Gasteiger partial charge is 0.363 e. The number of nitro benzene ring substituents is 1. The van der Waals surface area contributed by atoms with E-state index in [-0.39, 0.29) is 5.69 Å². The van der Waals surface area contributed by atoms with Gasteiger partial charge in [-0.3, -0.25) is 10.1 Å². The summed E-state index contributed by atoms with van der Waals surface area (Å²) in [5, 5.41) is 15.1. The molecule has 1 aromatic heterocycles. The van der Waals surface area contributed by atoms with Gasteiger partial charge in [-0.1, -0.05) is 25.9 Å². The molecule has 0 fully saturated rings. The number of nitrogens with zero attached hydrogens (tertiary/aromatic N) is 2. The molecule has 0 aliphatic heterocycles. The summed E-state index contributed by atoms with van der Waals surface area (Å²) in [6.45, 7) is 6.52. The van der Waals surface area contributed by atoms with Crippen LogP contribution in [0.15, 0.2) is 47.2 Å². The zero-order valence-electron chi connectivity index (χ0n) is 15.3. The maximum Gasteiger partial charge on any atom is 0.269 e. The number of benzene rings is 2. The van der Waals surface area contributed by atoms with Gasteiger partial charge in [-0.15, -0.1) is 0 Å². The van der Waals surface area contributed by atoms with Crippen molar-refractivity contribution in [1.82, 2.24) is 5.16 Å². The van der Waals surface area contributed by atoms with Crippen LogP contribution in [0.25, 0.3) is 22.4 Å². The van der Waals surface area contributed by atoms with Crippen molar-refractivity contribution < 1.29 is 9.45 Å². The molecule has 134 valence electrons.